The molecule has 332 valence electrons. The number of ether oxygens (including phenoxy) is 12. The Morgan fingerprint density at radius 1 is 0.417 bits per heavy atom. The van der Waals surface area contributed by atoms with Crippen LogP contribution < -0.4 is 0 Å². The molecule has 1 aliphatic carbocycles. The lowest BCUT2D eigenvalue weighted by Crippen LogP contribution is -2.32. The van der Waals surface area contributed by atoms with Gasteiger partial charge in [0.2, 0.25) is 0 Å². The van der Waals surface area contributed by atoms with Crippen LogP contribution in [-0.2, 0) is 56.8 Å². The summed E-state index contributed by atoms with van der Waals surface area (Å²) in [6.45, 7) is 9.92. The number of benzene rings is 3. The minimum atomic E-state index is -0.369. The average molecular weight is 842 g/mol. The van der Waals surface area contributed by atoms with E-state index < -0.39 is 0 Å². The zero-order chi connectivity index (χ0) is 42.1. The Balaban J connectivity index is 0.789. The van der Waals surface area contributed by atoms with Crippen molar-refractivity contribution in [3.8, 4) is 11.1 Å². The van der Waals surface area contributed by atoms with E-state index in [0.29, 0.717) is 151 Å². The number of carbonyl (C=O) groups is 2. The van der Waals surface area contributed by atoms with Crippen molar-refractivity contribution in [2.75, 3.05) is 159 Å². The van der Waals surface area contributed by atoms with Gasteiger partial charge in [-0.2, -0.15) is 0 Å². The van der Waals surface area contributed by atoms with Crippen molar-refractivity contribution in [1.82, 2.24) is 4.90 Å². The Hall–Kier alpha value is -4.00. The molecule has 0 saturated carbocycles. The van der Waals surface area contributed by atoms with E-state index in [1.165, 1.54) is 27.2 Å². The number of esters is 1. The Kier molecular flexibility index (Phi) is 25.8. The van der Waals surface area contributed by atoms with Crippen molar-refractivity contribution < 1.29 is 66.4 Å². The van der Waals surface area contributed by atoms with Gasteiger partial charge in [0.1, 0.15) is 13.2 Å². The average Bonchev–Trinajstić information content (AvgIpc) is 3.60. The highest BCUT2D eigenvalue weighted by Crippen LogP contribution is 2.44. The van der Waals surface area contributed by atoms with Crippen LogP contribution in [0.5, 0.6) is 0 Å². The van der Waals surface area contributed by atoms with Gasteiger partial charge in [-0.1, -0.05) is 66.7 Å². The summed E-state index contributed by atoms with van der Waals surface area (Å²) >= 11 is 0. The maximum absolute atomic E-state index is 12.6. The van der Waals surface area contributed by atoms with Crippen molar-refractivity contribution in [3.63, 3.8) is 0 Å². The van der Waals surface area contributed by atoms with E-state index in [1.807, 2.05) is 30.3 Å². The van der Waals surface area contributed by atoms with Crippen LogP contribution in [0, 0.1) is 0 Å². The van der Waals surface area contributed by atoms with Crippen molar-refractivity contribution in [2.45, 2.75) is 5.92 Å². The molecule has 0 aliphatic heterocycles. The van der Waals surface area contributed by atoms with Crippen LogP contribution in [0.15, 0.2) is 78.9 Å². The topological polar surface area (TPSA) is 148 Å². The molecule has 0 bridgehead atoms. The number of amides is 1. The van der Waals surface area contributed by atoms with E-state index in [-0.39, 0.29) is 24.6 Å². The Morgan fingerprint density at radius 2 is 0.750 bits per heavy atom. The predicted octanol–water partition coefficient (Wildman–Crippen LogP) is 4.89. The van der Waals surface area contributed by atoms with Gasteiger partial charge in [-0.3, -0.25) is 0 Å². The third kappa shape index (κ3) is 20.0. The molecular weight excluding hydrogens is 778 g/mol. The molecule has 1 aliphatic rings. The van der Waals surface area contributed by atoms with Crippen LogP contribution in [0.2, 0.25) is 0 Å². The number of likely N-dealkylation sites (N-methyl/N-ethyl adjacent to an activating group) is 1. The van der Waals surface area contributed by atoms with E-state index in [0.717, 1.165) is 0 Å². The van der Waals surface area contributed by atoms with Gasteiger partial charge in [0.15, 0.2) is 0 Å². The lowest BCUT2D eigenvalue weighted by molar-refractivity contribution is -0.0272. The number of hydrogen-bond donors (Lipinski definition) is 0. The minimum absolute atomic E-state index is 0.0336. The van der Waals surface area contributed by atoms with Crippen LogP contribution in [-0.4, -0.2) is 176 Å². The number of nitrogens with zero attached hydrogens (tertiary/aromatic N) is 1. The highest BCUT2D eigenvalue weighted by Gasteiger charge is 2.29. The molecule has 15 heteroatoms. The molecule has 0 fully saturated rings. The summed E-state index contributed by atoms with van der Waals surface area (Å²) in [4.78, 5) is 26.0. The van der Waals surface area contributed by atoms with Crippen molar-refractivity contribution >= 4 is 12.1 Å². The van der Waals surface area contributed by atoms with Gasteiger partial charge >= 0.3 is 12.1 Å². The summed E-state index contributed by atoms with van der Waals surface area (Å²) in [5.41, 5.74) is 5.30. The molecule has 3 aromatic carbocycles. The highest BCUT2D eigenvalue weighted by molar-refractivity contribution is 5.89. The summed E-state index contributed by atoms with van der Waals surface area (Å²) in [7, 11) is 1.71. The van der Waals surface area contributed by atoms with Gasteiger partial charge in [-0.15, -0.1) is 0 Å². The Bertz CT molecular complexity index is 1520. The van der Waals surface area contributed by atoms with Crippen LogP contribution in [0.25, 0.3) is 11.1 Å². The highest BCUT2D eigenvalue weighted by atomic mass is 16.6. The molecule has 0 heterocycles. The Morgan fingerprint density at radius 3 is 1.15 bits per heavy atom. The summed E-state index contributed by atoms with van der Waals surface area (Å²) in [6, 6.07) is 25.4. The van der Waals surface area contributed by atoms with E-state index in [4.69, 9.17) is 56.8 Å². The predicted molar refractivity (Wildman–Crippen MR) is 223 cm³/mol. The summed E-state index contributed by atoms with van der Waals surface area (Å²) < 4.78 is 65.9. The van der Waals surface area contributed by atoms with Crippen LogP contribution >= 0.6 is 0 Å². The third-order valence-electron chi connectivity index (χ3n) is 9.04. The van der Waals surface area contributed by atoms with Crippen LogP contribution in [0.3, 0.4) is 0 Å². The largest absolute Gasteiger partial charge is 0.460 e. The quantitative estimate of drug-likeness (QED) is 0.0578. The molecule has 1 amide bonds. The smallest absolute Gasteiger partial charge is 0.409 e. The molecule has 60 heavy (non-hydrogen) atoms. The fourth-order valence-electron chi connectivity index (χ4n) is 5.93. The molecule has 0 spiro atoms. The van der Waals surface area contributed by atoms with Gasteiger partial charge in [-0.05, 0) is 34.4 Å². The van der Waals surface area contributed by atoms with Gasteiger partial charge in [0.05, 0.1) is 138 Å². The maximum Gasteiger partial charge on any atom is 0.409 e. The molecule has 0 unspecified atom stereocenters. The SMILES string of the molecule is CN(CCOCCOCCOCCOCCOCCOCCOCCOCCOCCOCCOC(=O)c1ccccc1)C(=O)OCC1c2ccccc2-c2ccccc21. The molecule has 0 saturated heterocycles. The summed E-state index contributed by atoms with van der Waals surface area (Å²) in [5.74, 6) is -0.327. The lowest BCUT2D eigenvalue weighted by Gasteiger charge is -2.19. The van der Waals surface area contributed by atoms with Crippen molar-refractivity contribution in [3.05, 3.63) is 95.6 Å². The monoisotopic (exact) mass is 841 g/mol. The second-order valence-corrected chi connectivity index (χ2v) is 13.4. The number of carbonyl (C=O) groups excluding carboxylic acids is 2. The second kappa shape index (κ2) is 31.8. The molecule has 0 atom stereocenters. The fourth-order valence-corrected chi connectivity index (χ4v) is 5.93. The molecule has 4 rings (SSSR count). The van der Waals surface area contributed by atoms with E-state index >= 15 is 0 Å². The summed E-state index contributed by atoms with van der Waals surface area (Å²) in [5, 5.41) is 0. The zero-order valence-electron chi connectivity index (χ0n) is 35.0. The van der Waals surface area contributed by atoms with Gasteiger partial charge in [-0.25, -0.2) is 9.59 Å². The Labute approximate surface area is 354 Å². The third-order valence-corrected chi connectivity index (χ3v) is 9.04. The van der Waals surface area contributed by atoms with Crippen LogP contribution in [0.4, 0.5) is 4.79 Å². The normalized spacial score (nSPS) is 12.0. The second-order valence-electron chi connectivity index (χ2n) is 13.4. The number of rotatable bonds is 36. The first-order chi connectivity index (χ1) is 29.6. The minimum Gasteiger partial charge on any atom is -0.460 e. The molecular formula is C45H63NO14. The van der Waals surface area contributed by atoms with Crippen LogP contribution in [0.1, 0.15) is 27.4 Å². The first kappa shape index (κ1) is 48.7. The van der Waals surface area contributed by atoms with E-state index in [2.05, 4.69) is 24.3 Å². The zero-order valence-corrected chi connectivity index (χ0v) is 35.0. The maximum atomic E-state index is 12.6. The molecule has 0 radical (unpaired) electrons. The number of hydrogen-bond acceptors (Lipinski definition) is 14. The van der Waals surface area contributed by atoms with E-state index in [1.54, 1.807) is 31.3 Å². The first-order valence-electron chi connectivity index (χ1n) is 20.7. The number of fused-ring (bicyclic) bond motifs is 3. The standard InChI is InChI=1S/C45H63NO14/c1-46(45(48)60-37-43-41-13-7-5-11-39(41)40-12-6-8-14-42(40)43)15-16-49-17-18-50-19-20-51-21-22-52-23-24-53-25-26-54-27-28-55-29-30-56-31-32-57-33-34-58-35-36-59-44(47)38-9-3-2-4-10-38/h2-14,43H,15-37H2,1H3. The molecule has 0 aromatic heterocycles. The van der Waals surface area contributed by atoms with Crippen molar-refractivity contribution in [1.29, 1.82) is 0 Å². The lowest BCUT2D eigenvalue weighted by atomic mass is 9.98. The fraction of sp³-hybridized carbons (Fsp3) is 0.556. The first-order valence-corrected chi connectivity index (χ1v) is 20.7. The van der Waals surface area contributed by atoms with Gasteiger partial charge in [0.25, 0.3) is 0 Å². The van der Waals surface area contributed by atoms with Crippen molar-refractivity contribution in [2.24, 2.45) is 0 Å². The molecule has 0 N–H and O–H groups in total. The van der Waals surface area contributed by atoms with Gasteiger partial charge in [0, 0.05) is 19.5 Å². The molecule has 3 aromatic rings. The van der Waals surface area contributed by atoms with E-state index in [9.17, 15) is 9.59 Å². The van der Waals surface area contributed by atoms with Gasteiger partial charge < -0.3 is 61.7 Å². The molecule has 15 nitrogen and oxygen atoms in total. The summed E-state index contributed by atoms with van der Waals surface area (Å²) in [6.07, 6.45) is -0.369.